The van der Waals surface area contributed by atoms with E-state index in [0.717, 1.165) is 5.56 Å². The number of benzene rings is 1. The maximum Gasteiger partial charge on any atom is 0.408 e. The van der Waals surface area contributed by atoms with Crippen LogP contribution < -0.4 is 5.32 Å². The average molecular weight is 381 g/mol. The molecule has 0 spiro atoms. The van der Waals surface area contributed by atoms with Gasteiger partial charge in [-0.2, -0.15) is 0 Å². The molecule has 150 valence electrons. The third-order valence-corrected chi connectivity index (χ3v) is 3.19. The number of carbonyl (C=O) groups excluding carboxylic acids is 3. The number of aliphatic hydroxyl groups is 1. The lowest BCUT2D eigenvalue weighted by Crippen LogP contribution is -2.44. The molecule has 0 radical (unpaired) electrons. The van der Waals surface area contributed by atoms with Crippen LogP contribution >= 0.6 is 0 Å². The highest BCUT2D eigenvalue weighted by Gasteiger charge is 2.28. The third kappa shape index (κ3) is 10.2. The number of carbonyl (C=O) groups is 3. The molecule has 1 amide bonds. The fraction of sp³-hybridized carbons (Fsp3) is 0.526. The molecule has 1 rings (SSSR count). The molecule has 1 atom stereocenters. The molecular weight excluding hydrogens is 354 g/mol. The maximum atomic E-state index is 12.3. The number of nitrogens with one attached hydrogen (secondary N) is 1. The zero-order valence-electron chi connectivity index (χ0n) is 15.9. The van der Waals surface area contributed by atoms with Gasteiger partial charge in [0.15, 0.2) is 0 Å². The van der Waals surface area contributed by atoms with Gasteiger partial charge in [0.2, 0.25) is 0 Å². The number of hydrogen-bond donors (Lipinski definition) is 2. The predicted molar refractivity (Wildman–Crippen MR) is 96.7 cm³/mol. The van der Waals surface area contributed by atoms with Crippen LogP contribution in [0, 0.1) is 0 Å². The van der Waals surface area contributed by atoms with E-state index in [4.69, 9.17) is 19.3 Å². The van der Waals surface area contributed by atoms with Gasteiger partial charge in [-0.25, -0.2) is 9.59 Å². The van der Waals surface area contributed by atoms with Crippen LogP contribution in [0.15, 0.2) is 30.3 Å². The lowest BCUT2D eigenvalue weighted by molar-refractivity contribution is -0.157. The fourth-order valence-corrected chi connectivity index (χ4v) is 2.02. The van der Waals surface area contributed by atoms with Gasteiger partial charge >= 0.3 is 18.0 Å². The highest BCUT2D eigenvalue weighted by atomic mass is 16.6. The van der Waals surface area contributed by atoms with Crippen molar-refractivity contribution in [1.29, 1.82) is 0 Å². The average Bonchev–Trinajstić information content (AvgIpc) is 2.61. The first-order chi connectivity index (χ1) is 12.7. The van der Waals surface area contributed by atoms with Crippen LogP contribution in [-0.2, 0) is 30.4 Å². The summed E-state index contributed by atoms with van der Waals surface area (Å²) in [6.45, 7) is 4.74. The summed E-state index contributed by atoms with van der Waals surface area (Å²) in [5, 5.41) is 11.1. The quantitative estimate of drug-likeness (QED) is 0.497. The summed E-state index contributed by atoms with van der Waals surface area (Å²) in [6.07, 6.45) is -0.930. The molecule has 0 heterocycles. The van der Waals surface area contributed by atoms with Crippen LogP contribution in [0.3, 0.4) is 0 Å². The second-order valence-corrected chi connectivity index (χ2v) is 6.77. The minimum Gasteiger partial charge on any atom is -0.463 e. The van der Waals surface area contributed by atoms with Gasteiger partial charge in [0.1, 0.15) is 24.9 Å². The summed E-state index contributed by atoms with van der Waals surface area (Å²) in [6, 6.07) is 8.02. The molecule has 8 nitrogen and oxygen atoms in total. The second kappa shape index (κ2) is 11.2. The van der Waals surface area contributed by atoms with Gasteiger partial charge in [0, 0.05) is 6.42 Å². The summed E-state index contributed by atoms with van der Waals surface area (Å²) in [5.74, 6) is -1.26. The summed E-state index contributed by atoms with van der Waals surface area (Å²) in [5.41, 5.74) is 0.0524. The number of esters is 2. The fourth-order valence-electron chi connectivity index (χ4n) is 2.02. The second-order valence-electron chi connectivity index (χ2n) is 6.77. The Bertz CT molecular complexity index is 610. The Kier molecular flexibility index (Phi) is 9.29. The number of alkyl carbamates (subject to hydrolysis) is 1. The molecule has 2 N–H and O–H groups in total. The van der Waals surface area contributed by atoms with Gasteiger partial charge in [-0.1, -0.05) is 30.3 Å². The Balaban J connectivity index is 2.61. The summed E-state index contributed by atoms with van der Waals surface area (Å²) >= 11 is 0. The molecule has 0 bridgehead atoms. The monoisotopic (exact) mass is 381 g/mol. The van der Waals surface area contributed by atoms with E-state index in [1.54, 1.807) is 32.9 Å². The largest absolute Gasteiger partial charge is 0.463 e. The number of amides is 1. The van der Waals surface area contributed by atoms with Crippen LogP contribution in [0.1, 0.15) is 39.2 Å². The molecule has 1 aromatic rings. The Morgan fingerprint density at radius 2 is 1.78 bits per heavy atom. The molecule has 0 aliphatic heterocycles. The molecule has 27 heavy (non-hydrogen) atoms. The van der Waals surface area contributed by atoms with Gasteiger partial charge in [-0.05, 0) is 32.8 Å². The summed E-state index contributed by atoms with van der Waals surface area (Å²) in [7, 11) is 0. The molecule has 0 aromatic heterocycles. The van der Waals surface area contributed by atoms with E-state index in [2.05, 4.69) is 5.32 Å². The van der Waals surface area contributed by atoms with E-state index >= 15 is 0 Å². The van der Waals surface area contributed by atoms with Crippen molar-refractivity contribution in [3.05, 3.63) is 35.9 Å². The van der Waals surface area contributed by atoms with Crippen molar-refractivity contribution in [2.45, 2.75) is 51.9 Å². The van der Waals surface area contributed by atoms with Crippen molar-refractivity contribution < 1.29 is 33.7 Å². The van der Waals surface area contributed by atoms with Crippen molar-refractivity contribution in [3.8, 4) is 0 Å². The summed E-state index contributed by atoms with van der Waals surface area (Å²) < 4.78 is 15.1. The minimum atomic E-state index is -1.06. The van der Waals surface area contributed by atoms with Crippen LogP contribution in [0.5, 0.6) is 0 Å². The SMILES string of the molecule is CC(C)(C)OC(=O)[C@H](CCC(=O)OCCO)NC(=O)OCc1ccccc1. The molecule has 0 aliphatic carbocycles. The zero-order chi connectivity index (χ0) is 20.3. The van der Waals surface area contributed by atoms with E-state index in [1.165, 1.54) is 0 Å². The minimum absolute atomic E-state index is 0.0143. The number of aliphatic hydroxyl groups excluding tert-OH is 1. The first-order valence-corrected chi connectivity index (χ1v) is 8.68. The van der Waals surface area contributed by atoms with Gasteiger partial charge in [-0.15, -0.1) is 0 Å². The van der Waals surface area contributed by atoms with Crippen molar-refractivity contribution in [1.82, 2.24) is 5.32 Å². The van der Waals surface area contributed by atoms with E-state index in [9.17, 15) is 14.4 Å². The molecular formula is C19H27NO7. The Morgan fingerprint density at radius 1 is 1.11 bits per heavy atom. The predicted octanol–water partition coefficient (Wildman–Crippen LogP) is 1.94. The van der Waals surface area contributed by atoms with Crippen LogP contribution in [0.2, 0.25) is 0 Å². The zero-order valence-corrected chi connectivity index (χ0v) is 15.9. The topological polar surface area (TPSA) is 111 Å². The first-order valence-electron chi connectivity index (χ1n) is 8.68. The Hall–Kier alpha value is -2.61. The first kappa shape index (κ1) is 22.4. The summed E-state index contributed by atoms with van der Waals surface area (Å²) in [4.78, 5) is 35.9. The molecule has 0 unspecified atom stereocenters. The number of ether oxygens (including phenoxy) is 3. The molecule has 0 aliphatic rings. The maximum absolute atomic E-state index is 12.3. The van der Waals surface area contributed by atoms with Crippen LogP contribution in [0.4, 0.5) is 4.79 Å². The molecule has 0 saturated heterocycles. The smallest absolute Gasteiger partial charge is 0.408 e. The Labute approximate surface area is 158 Å². The van der Waals surface area contributed by atoms with E-state index in [-0.39, 0.29) is 32.7 Å². The van der Waals surface area contributed by atoms with Crippen molar-refractivity contribution >= 4 is 18.0 Å². The third-order valence-electron chi connectivity index (χ3n) is 3.19. The van der Waals surface area contributed by atoms with Gasteiger partial charge in [0.25, 0.3) is 0 Å². The highest BCUT2D eigenvalue weighted by Crippen LogP contribution is 2.11. The number of hydrogen-bond acceptors (Lipinski definition) is 7. The van der Waals surface area contributed by atoms with Gasteiger partial charge in [0.05, 0.1) is 6.61 Å². The van der Waals surface area contributed by atoms with E-state index in [0.29, 0.717) is 0 Å². The van der Waals surface area contributed by atoms with E-state index < -0.39 is 29.7 Å². The van der Waals surface area contributed by atoms with Crippen LogP contribution in [0.25, 0.3) is 0 Å². The molecule has 1 aromatic carbocycles. The van der Waals surface area contributed by atoms with E-state index in [1.807, 2.05) is 18.2 Å². The van der Waals surface area contributed by atoms with Gasteiger partial charge in [-0.3, -0.25) is 4.79 Å². The Morgan fingerprint density at radius 3 is 2.37 bits per heavy atom. The standard InChI is InChI=1S/C19H27NO7/c1-19(2,3)27-17(23)15(9-10-16(22)25-12-11-21)20-18(24)26-13-14-7-5-4-6-8-14/h4-8,15,21H,9-13H2,1-3H3,(H,20,24)/t15-/m0/s1. The van der Waals surface area contributed by atoms with Crippen molar-refractivity contribution in [3.63, 3.8) is 0 Å². The van der Waals surface area contributed by atoms with Crippen LogP contribution in [-0.4, -0.2) is 48.0 Å². The molecule has 8 heteroatoms. The normalized spacial score (nSPS) is 12.0. The molecule has 0 saturated carbocycles. The van der Waals surface area contributed by atoms with Crippen molar-refractivity contribution in [2.75, 3.05) is 13.2 Å². The highest BCUT2D eigenvalue weighted by molar-refractivity contribution is 5.82. The lowest BCUT2D eigenvalue weighted by Gasteiger charge is -2.24. The number of rotatable bonds is 9. The molecule has 0 fully saturated rings. The lowest BCUT2D eigenvalue weighted by atomic mass is 10.1. The van der Waals surface area contributed by atoms with Gasteiger partial charge < -0.3 is 24.6 Å². The van der Waals surface area contributed by atoms with Crippen molar-refractivity contribution in [2.24, 2.45) is 0 Å².